The largest absolute Gasteiger partial charge is 0.490 e. The summed E-state index contributed by atoms with van der Waals surface area (Å²) in [5, 5.41) is 16.8. The molecule has 3 saturated heterocycles. The quantitative estimate of drug-likeness (QED) is 0.391. The summed E-state index contributed by atoms with van der Waals surface area (Å²) in [5.74, 6) is -3.82. The van der Waals surface area contributed by atoms with Gasteiger partial charge in [0.15, 0.2) is 0 Å². The summed E-state index contributed by atoms with van der Waals surface area (Å²) in [6, 6.07) is 7.46. The predicted octanol–water partition coefficient (Wildman–Crippen LogP) is 4.04. The number of alkyl halides is 3. The standard InChI is InChI=1S/C32H40ClN5O5.C2HF3O2/c1-20-5-6-26(14-27(20)33)38(31(42)23-8-12-36(19-29(40)41)28(39)13-23)11-4-10-35-15-24-17-37(18-25(24)16-35)32(43)30-21(2)7-9-34-22(30)3;3-2(4,5)1(6)7/h5-7,9,14,23-25H,4,8,10-13,15-19H2,1-3H3,(H,40,41);(H,6,7). The molecule has 0 saturated carbocycles. The maximum atomic E-state index is 13.8. The second-order valence-electron chi connectivity index (χ2n) is 13.1. The second kappa shape index (κ2) is 16.2. The lowest BCUT2D eigenvalue weighted by Gasteiger charge is -2.33. The Morgan fingerprint density at radius 1 is 1.00 bits per heavy atom. The summed E-state index contributed by atoms with van der Waals surface area (Å²) >= 11 is 6.43. The van der Waals surface area contributed by atoms with Crippen molar-refractivity contribution >= 4 is 46.9 Å². The van der Waals surface area contributed by atoms with Gasteiger partial charge in [0.25, 0.3) is 5.91 Å². The Morgan fingerprint density at radius 3 is 2.18 bits per heavy atom. The minimum absolute atomic E-state index is 0.00497. The van der Waals surface area contributed by atoms with Crippen molar-refractivity contribution in [2.24, 2.45) is 17.8 Å². The fourth-order valence-electron chi connectivity index (χ4n) is 6.82. The Bertz CT molecular complexity index is 1590. The van der Waals surface area contributed by atoms with E-state index in [4.69, 9.17) is 26.6 Å². The summed E-state index contributed by atoms with van der Waals surface area (Å²) in [4.78, 5) is 71.4. The number of aryl methyl sites for hydroxylation is 3. The average Bonchev–Trinajstić information content (AvgIpc) is 3.60. The van der Waals surface area contributed by atoms with Gasteiger partial charge >= 0.3 is 18.1 Å². The molecule has 3 atom stereocenters. The number of hydrogen-bond acceptors (Lipinski definition) is 7. The first-order valence-electron chi connectivity index (χ1n) is 16.3. The van der Waals surface area contributed by atoms with Gasteiger partial charge in [0.2, 0.25) is 11.8 Å². The van der Waals surface area contributed by atoms with E-state index in [2.05, 4.69) is 9.88 Å². The molecule has 50 heavy (non-hydrogen) atoms. The van der Waals surface area contributed by atoms with Crippen molar-refractivity contribution in [3.05, 3.63) is 57.9 Å². The highest BCUT2D eigenvalue weighted by Crippen LogP contribution is 2.33. The van der Waals surface area contributed by atoms with Crippen LogP contribution in [0.2, 0.25) is 5.02 Å². The highest BCUT2D eigenvalue weighted by Gasteiger charge is 2.42. The maximum Gasteiger partial charge on any atom is 0.490 e. The number of aliphatic carboxylic acids is 2. The van der Waals surface area contributed by atoms with E-state index in [0.717, 1.165) is 61.5 Å². The summed E-state index contributed by atoms with van der Waals surface area (Å²) in [6.45, 7) is 10.3. The van der Waals surface area contributed by atoms with Crippen LogP contribution in [0.5, 0.6) is 0 Å². The second-order valence-corrected chi connectivity index (χ2v) is 13.5. The molecule has 2 aromatic rings. The topological polar surface area (TPSA) is 152 Å². The molecule has 0 spiro atoms. The third-order valence-electron chi connectivity index (χ3n) is 9.44. The molecular weight excluding hydrogens is 683 g/mol. The van der Waals surface area contributed by atoms with Crippen molar-refractivity contribution in [2.75, 3.05) is 57.3 Å². The Labute approximate surface area is 292 Å². The minimum atomic E-state index is -5.08. The molecule has 3 fully saturated rings. The average molecular weight is 724 g/mol. The molecule has 0 aliphatic carbocycles. The normalized spacial score (nSPS) is 20.6. The van der Waals surface area contributed by atoms with Crippen LogP contribution < -0.4 is 4.90 Å². The van der Waals surface area contributed by atoms with E-state index < -0.39 is 24.0 Å². The van der Waals surface area contributed by atoms with Crippen molar-refractivity contribution in [3.8, 4) is 0 Å². The van der Waals surface area contributed by atoms with E-state index in [1.54, 1.807) is 17.2 Å². The van der Waals surface area contributed by atoms with Crippen LogP contribution >= 0.6 is 11.6 Å². The number of aromatic nitrogens is 1. The molecule has 4 heterocycles. The first-order valence-corrected chi connectivity index (χ1v) is 16.6. The number of piperidine rings is 1. The highest BCUT2D eigenvalue weighted by molar-refractivity contribution is 6.31. The number of benzene rings is 1. The summed E-state index contributed by atoms with van der Waals surface area (Å²) in [5.41, 5.74) is 4.07. The molecular formula is C34H41ClF3N5O7. The third kappa shape index (κ3) is 9.50. The van der Waals surface area contributed by atoms with Crippen LogP contribution in [-0.4, -0.2) is 118 Å². The summed E-state index contributed by atoms with van der Waals surface area (Å²) in [7, 11) is 0. The van der Waals surface area contributed by atoms with Crippen molar-refractivity contribution in [1.82, 2.24) is 19.7 Å². The van der Waals surface area contributed by atoms with Gasteiger partial charge in [-0.25, -0.2) is 4.79 Å². The minimum Gasteiger partial charge on any atom is -0.480 e. The van der Waals surface area contributed by atoms with Gasteiger partial charge in [-0.3, -0.25) is 24.2 Å². The van der Waals surface area contributed by atoms with Crippen molar-refractivity contribution < 1.29 is 47.4 Å². The Balaban J connectivity index is 0.000000727. The number of carboxylic acids is 2. The summed E-state index contributed by atoms with van der Waals surface area (Å²) in [6.07, 6.45) is -2.16. The number of carbonyl (C=O) groups excluding carboxylic acids is 3. The van der Waals surface area contributed by atoms with E-state index in [9.17, 15) is 32.3 Å². The van der Waals surface area contributed by atoms with Gasteiger partial charge in [-0.2, -0.15) is 13.2 Å². The fourth-order valence-corrected chi connectivity index (χ4v) is 7.00. The smallest absolute Gasteiger partial charge is 0.480 e. The Kier molecular flexibility index (Phi) is 12.5. The number of nitrogens with zero attached hydrogens (tertiary/aromatic N) is 5. The lowest BCUT2D eigenvalue weighted by Crippen LogP contribution is -2.47. The van der Waals surface area contributed by atoms with Gasteiger partial charge in [0.05, 0.1) is 11.3 Å². The predicted molar refractivity (Wildman–Crippen MR) is 177 cm³/mol. The number of pyridine rings is 1. The molecule has 272 valence electrons. The molecule has 1 aromatic heterocycles. The monoisotopic (exact) mass is 723 g/mol. The number of halogens is 4. The molecule has 2 N–H and O–H groups in total. The van der Waals surface area contributed by atoms with Crippen LogP contribution in [0, 0.1) is 38.5 Å². The molecule has 0 radical (unpaired) electrons. The van der Waals surface area contributed by atoms with Gasteiger partial charge in [-0.05, 0) is 81.3 Å². The van der Waals surface area contributed by atoms with Gasteiger partial charge in [-0.1, -0.05) is 17.7 Å². The molecule has 3 aliphatic heterocycles. The maximum absolute atomic E-state index is 13.8. The zero-order valence-electron chi connectivity index (χ0n) is 28.1. The molecule has 5 rings (SSSR count). The van der Waals surface area contributed by atoms with E-state index in [1.807, 2.05) is 43.9 Å². The lowest BCUT2D eigenvalue weighted by molar-refractivity contribution is -0.192. The van der Waals surface area contributed by atoms with Crippen molar-refractivity contribution in [3.63, 3.8) is 0 Å². The number of likely N-dealkylation sites (tertiary alicyclic amines) is 3. The third-order valence-corrected chi connectivity index (χ3v) is 9.85. The van der Waals surface area contributed by atoms with Gasteiger partial charge in [-0.15, -0.1) is 0 Å². The highest BCUT2D eigenvalue weighted by atomic mass is 35.5. The first kappa shape index (κ1) is 38.6. The lowest BCUT2D eigenvalue weighted by atomic mass is 9.94. The number of anilines is 1. The number of hydrogen-bond donors (Lipinski definition) is 2. The zero-order chi connectivity index (χ0) is 36.9. The van der Waals surface area contributed by atoms with E-state index >= 15 is 0 Å². The number of amides is 3. The number of carboxylic acid groups (broad SMARTS) is 2. The van der Waals surface area contributed by atoms with Crippen LogP contribution in [0.4, 0.5) is 18.9 Å². The van der Waals surface area contributed by atoms with Gasteiger partial charge in [0, 0.05) is 68.5 Å². The fraction of sp³-hybridized carbons (Fsp3) is 0.529. The van der Waals surface area contributed by atoms with E-state index in [0.29, 0.717) is 35.5 Å². The Hall–Kier alpha value is -4.24. The zero-order valence-corrected chi connectivity index (χ0v) is 28.8. The molecule has 16 heteroatoms. The molecule has 1 aromatic carbocycles. The van der Waals surface area contributed by atoms with E-state index in [-0.39, 0.29) is 37.2 Å². The Morgan fingerprint density at radius 2 is 1.64 bits per heavy atom. The SMILES string of the molecule is Cc1ccc(N(CCCN2CC3CN(C(=O)c4c(C)ccnc4C)CC3C2)C(=O)C2CCN(CC(=O)O)C(=O)C2)cc1Cl.O=C(O)C(F)(F)F. The van der Waals surface area contributed by atoms with Crippen LogP contribution in [0.25, 0.3) is 0 Å². The number of fused-ring (bicyclic) bond motifs is 1. The molecule has 3 amide bonds. The van der Waals surface area contributed by atoms with Gasteiger partial charge < -0.3 is 29.8 Å². The summed E-state index contributed by atoms with van der Waals surface area (Å²) < 4.78 is 31.7. The van der Waals surface area contributed by atoms with Crippen molar-refractivity contribution in [1.29, 1.82) is 0 Å². The molecule has 3 unspecified atom stereocenters. The molecule has 3 aliphatic rings. The number of rotatable bonds is 9. The molecule has 12 nitrogen and oxygen atoms in total. The van der Waals surface area contributed by atoms with Crippen LogP contribution in [0.3, 0.4) is 0 Å². The van der Waals surface area contributed by atoms with Gasteiger partial charge in [0.1, 0.15) is 6.54 Å². The number of carbonyl (C=O) groups is 5. The van der Waals surface area contributed by atoms with Crippen molar-refractivity contribution in [2.45, 2.75) is 46.2 Å². The van der Waals surface area contributed by atoms with Crippen LogP contribution in [0.15, 0.2) is 30.5 Å². The molecule has 0 bridgehead atoms. The van der Waals surface area contributed by atoms with Crippen LogP contribution in [-0.2, 0) is 19.2 Å². The van der Waals surface area contributed by atoms with Crippen LogP contribution in [0.1, 0.15) is 46.4 Å². The first-order chi connectivity index (χ1) is 23.5. The van der Waals surface area contributed by atoms with E-state index in [1.165, 1.54) is 4.90 Å².